The molecule has 1 aromatic carbocycles. The van der Waals surface area contributed by atoms with Crippen LogP contribution in [0.3, 0.4) is 0 Å². The van der Waals surface area contributed by atoms with Crippen LogP contribution in [0, 0.1) is 0 Å². The summed E-state index contributed by atoms with van der Waals surface area (Å²) in [5, 5.41) is 0. The van der Waals surface area contributed by atoms with E-state index in [2.05, 4.69) is 21.0 Å². The van der Waals surface area contributed by atoms with E-state index in [9.17, 15) is 0 Å². The van der Waals surface area contributed by atoms with Crippen LogP contribution in [0.4, 0.5) is 0 Å². The minimum absolute atomic E-state index is 0.156. The van der Waals surface area contributed by atoms with Gasteiger partial charge in [0.05, 0.1) is 25.2 Å². The van der Waals surface area contributed by atoms with Crippen molar-refractivity contribution in [1.29, 1.82) is 0 Å². The second kappa shape index (κ2) is 6.39. The molecule has 1 N–H and O–H groups in total. The first-order chi connectivity index (χ1) is 13.3. The van der Waals surface area contributed by atoms with Crippen LogP contribution < -0.4 is 9.47 Å². The highest BCUT2D eigenvalue weighted by Gasteiger charge is 2.24. The summed E-state index contributed by atoms with van der Waals surface area (Å²) in [6.45, 7) is 0.594. The Labute approximate surface area is 156 Å². The fourth-order valence-electron chi connectivity index (χ4n) is 3.49. The number of nitrogens with one attached hydrogen (secondary N) is 1. The van der Waals surface area contributed by atoms with Gasteiger partial charge < -0.3 is 14.5 Å². The van der Waals surface area contributed by atoms with Crippen molar-refractivity contribution in [3.8, 4) is 22.6 Å². The van der Waals surface area contributed by atoms with Crippen LogP contribution in [0.2, 0.25) is 0 Å². The van der Waals surface area contributed by atoms with Crippen LogP contribution in [-0.2, 0) is 6.42 Å². The van der Waals surface area contributed by atoms with Crippen LogP contribution in [0.1, 0.15) is 17.3 Å². The van der Waals surface area contributed by atoms with E-state index >= 15 is 0 Å². The maximum atomic E-state index is 5.94. The zero-order valence-corrected chi connectivity index (χ0v) is 14.8. The molecule has 6 nitrogen and oxygen atoms in total. The molecule has 134 valence electrons. The van der Waals surface area contributed by atoms with Gasteiger partial charge in [0.1, 0.15) is 17.3 Å². The quantitative estimate of drug-likeness (QED) is 0.604. The summed E-state index contributed by atoms with van der Waals surface area (Å²) in [4.78, 5) is 16.7. The third-order valence-electron chi connectivity index (χ3n) is 4.93. The van der Waals surface area contributed by atoms with Crippen LogP contribution in [0.5, 0.6) is 11.5 Å². The van der Waals surface area contributed by atoms with E-state index in [0.29, 0.717) is 6.61 Å². The Morgan fingerprint density at radius 2 is 2.00 bits per heavy atom. The highest BCUT2D eigenvalue weighted by molar-refractivity contribution is 5.78. The zero-order valence-electron chi connectivity index (χ0n) is 14.8. The van der Waals surface area contributed by atoms with Gasteiger partial charge >= 0.3 is 0 Å². The first-order valence-corrected chi connectivity index (χ1v) is 8.86. The fourth-order valence-corrected chi connectivity index (χ4v) is 3.49. The van der Waals surface area contributed by atoms with Crippen LogP contribution in [0.15, 0.2) is 55.0 Å². The number of aromatic amines is 1. The number of rotatable bonds is 3. The lowest BCUT2D eigenvalue weighted by molar-refractivity contribution is 0.257. The second-order valence-corrected chi connectivity index (χ2v) is 6.64. The minimum atomic E-state index is 0.156. The van der Waals surface area contributed by atoms with Gasteiger partial charge in [-0.3, -0.25) is 4.98 Å². The smallest absolute Gasteiger partial charge is 0.177 e. The Kier molecular flexibility index (Phi) is 3.74. The molecule has 4 aromatic rings. The van der Waals surface area contributed by atoms with Crippen molar-refractivity contribution in [2.75, 3.05) is 13.7 Å². The van der Waals surface area contributed by atoms with E-state index in [1.54, 1.807) is 19.5 Å². The standard InChI is InChI=1S/C21H18N4O2/c1-26-17-2-3-19-14(9-17)8-16(12-27-19)20-24-18-10-15(11-23-21(18)25-20)13-4-6-22-7-5-13/h2-7,9-11,16H,8,12H2,1H3,(H,23,24,25)/t16-/m1/s1. The maximum Gasteiger partial charge on any atom is 0.177 e. The lowest BCUT2D eigenvalue weighted by Gasteiger charge is -2.24. The van der Waals surface area contributed by atoms with Crippen molar-refractivity contribution in [3.05, 3.63) is 66.4 Å². The molecule has 0 saturated carbocycles. The molecule has 0 spiro atoms. The monoisotopic (exact) mass is 358 g/mol. The van der Waals surface area contributed by atoms with Gasteiger partial charge in [-0.2, -0.15) is 0 Å². The summed E-state index contributed by atoms with van der Waals surface area (Å²) in [5.74, 6) is 2.81. The van der Waals surface area contributed by atoms with E-state index < -0.39 is 0 Å². The molecule has 5 rings (SSSR count). The molecule has 0 fully saturated rings. The van der Waals surface area contributed by atoms with Crippen molar-refractivity contribution >= 4 is 11.2 Å². The van der Waals surface area contributed by atoms with E-state index in [1.807, 2.05) is 36.5 Å². The Bertz CT molecular complexity index is 1110. The molecule has 1 aliphatic rings. The van der Waals surface area contributed by atoms with Gasteiger partial charge in [-0.25, -0.2) is 9.97 Å². The van der Waals surface area contributed by atoms with Gasteiger partial charge in [-0.15, -0.1) is 0 Å². The lowest BCUT2D eigenvalue weighted by atomic mass is 9.96. The molecule has 6 heteroatoms. The summed E-state index contributed by atoms with van der Waals surface area (Å²) >= 11 is 0. The molecule has 0 saturated heterocycles. The molecule has 27 heavy (non-hydrogen) atoms. The van der Waals surface area contributed by atoms with Gasteiger partial charge in [-0.1, -0.05) is 0 Å². The number of imidazole rings is 1. The van der Waals surface area contributed by atoms with E-state index in [4.69, 9.17) is 14.5 Å². The van der Waals surface area contributed by atoms with Crippen molar-refractivity contribution in [1.82, 2.24) is 19.9 Å². The Hall–Kier alpha value is -3.41. The van der Waals surface area contributed by atoms with Crippen molar-refractivity contribution in [2.45, 2.75) is 12.3 Å². The topological polar surface area (TPSA) is 72.9 Å². The molecule has 0 bridgehead atoms. The molecule has 0 unspecified atom stereocenters. The van der Waals surface area contributed by atoms with E-state index in [1.165, 1.54) is 0 Å². The summed E-state index contributed by atoms with van der Waals surface area (Å²) in [6.07, 6.45) is 6.26. The summed E-state index contributed by atoms with van der Waals surface area (Å²) in [5.41, 5.74) is 4.90. The maximum absolute atomic E-state index is 5.94. The normalized spacial score (nSPS) is 16.0. The number of ether oxygens (including phenoxy) is 2. The second-order valence-electron chi connectivity index (χ2n) is 6.64. The predicted molar refractivity (Wildman–Crippen MR) is 102 cm³/mol. The average Bonchev–Trinajstić information content (AvgIpc) is 3.17. The van der Waals surface area contributed by atoms with E-state index in [-0.39, 0.29) is 5.92 Å². The zero-order chi connectivity index (χ0) is 18.2. The third kappa shape index (κ3) is 2.89. The molecule has 4 heterocycles. The SMILES string of the molecule is COc1ccc2c(c1)C[C@@H](c1nc3ncc(-c4ccncc4)cc3[nH]1)CO2. The fraction of sp³-hybridized carbons (Fsp3) is 0.190. The van der Waals surface area contributed by atoms with Gasteiger partial charge in [0.25, 0.3) is 0 Å². The molecular formula is C21H18N4O2. The first kappa shape index (κ1) is 15.8. The van der Waals surface area contributed by atoms with Crippen LogP contribution >= 0.6 is 0 Å². The van der Waals surface area contributed by atoms with E-state index in [0.717, 1.165) is 51.6 Å². The van der Waals surface area contributed by atoms with Crippen LogP contribution in [-0.4, -0.2) is 33.7 Å². The summed E-state index contributed by atoms with van der Waals surface area (Å²) in [7, 11) is 1.67. The third-order valence-corrected chi connectivity index (χ3v) is 4.93. The van der Waals surface area contributed by atoms with Gasteiger partial charge in [0, 0.05) is 24.2 Å². The van der Waals surface area contributed by atoms with Crippen molar-refractivity contribution in [2.24, 2.45) is 0 Å². The molecule has 1 aliphatic heterocycles. The number of pyridine rings is 2. The number of fused-ring (bicyclic) bond motifs is 2. The number of aromatic nitrogens is 4. The van der Waals surface area contributed by atoms with Gasteiger partial charge in [0.15, 0.2) is 5.65 Å². The number of benzene rings is 1. The number of hydrogen-bond acceptors (Lipinski definition) is 5. The summed E-state index contributed by atoms with van der Waals surface area (Å²) in [6, 6.07) is 11.9. The number of hydrogen-bond donors (Lipinski definition) is 1. The highest BCUT2D eigenvalue weighted by Crippen LogP contribution is 2.34. The molecule has 0 amide bonds. The Morgan fingerprint density at radius 3 is 2.85 bits per heavy atom. The number of methoxy groups -OCH3 is 1. The van der Waals surface area contributed by atoms with Crippen molar-refractivity contribution < 1.29 is 9.47 Å². The summed E-state index contributed by atoms with van der Waals surface area (Å²) < 4.78 is 11.3. The Morgan fingerprint density at radius 1 is 1.11 bits per heavy atom. The Balaban J connectivity index is 1.47. The van der Waals surface area contributed by atoms with Gasteiger partial charge in [-0.05, 0) is 53.9 Å². The van der Waals surface area contributed by atoms with Crippen molar-refractivity contribution in [3.63, 3.8) is 0 Å². The number of nitrogens with zero attached hydrogens (tertiary/aromatic N) is 3. The molecular weight excluding hydrogens is 340 g/mol. The number of H-pyrrole nitrogens is 1. The molecule has 1 atom stereocenters. The van der Waals surface area contributed by atoms with Crippen LogP contribution in [0.25, 0.3) is 22.3 Å². The molecule has 0 aliphatic carbocycles. The minimum Gasteiger partial charge on any atom is -0.497 e. The predicted octanol–water partition coefficient (Wildman–Crippen LogP) is 3.75. The first-order valence-electron chi connectivity index (χ1n) is 8.86. The largest absolute Gasteiger partial charge is 0.497 e. The molecule has 0 radical (unpaired) electrons. The van der Waals surface area contributed by atoms with Gasteiger partial charge in [0.2, 0.25) is 0 Å². The highest BCUT2D eigenvalue weighted by atomic mass is 16.5. The lowest BCUT2D eigenvalue weighted by Crippen LogP contribution is -2.20. The average molecular weight is 358 g/mol. The molecule has 3 aromatic heterocycles.